The maximum Gasteiger partial charge on any atom is 0.334 e. The third-order valence-corrected chi connectivity index (χ3v) is 5.33. The largest absolute Gasteiger partial charge is 0.458 e. The van der Waals surface area contributed by atoms with Crippen LogP contribution in [0, 0.1) is 5.92 Å². The minimum absolute atomic E-state index is 0.150. The molecule has 3 aliphatic rings. The topological polar surface area (TPSA) is 102 Å². The highest BCUT2D eigenvalue weighted by atomic mass is 16.6. The highest BCUT2D eigenvalue weighted by Gasteiger charge is 2.52. The minimum atomic E-state index is -1.82. The van der Waals surface area contributed by atoms with E-state index in [0.29, 0.717) is 5.57 Å². The predicted octanol–water partition coefficient (Wildman–Crippen LogP) is 1.32. The van der Waals surface area contributed by atoms with Crippen LogP contribution in [-0.2, 0) is 23.8 Å². The number of carbonyl (C=O) groups is 2. The first-order valence-corrected chi connectivity index (χ1v) is 8.81. The van der Waals surface area contributed by atoms with Gasteiger partial charge in [-0.15, -0.1) is 0 Å². The fourth-order valence-electron chi connectivity index (χ4n) is 3.65. The summed E-state index contributed by atoms with van der Waals surface area (Å²) in [4.78, 5) is 24.5. The second kappa shape index (κ2) is 6.74. The van der Waals surface area contributed by atoms with Gasteiger partial charge in [0.1, 0.15) is 12.2 Å². The van der Waals surface area contributed by atoms with Crippen LogP contribution in [0.4, 0.5) is 0 Å². The van der Waals surface area contributed by atoms with Gasteiger partial charge in [-0.1, -0.05) is 18.7 Å². The van der Waals surface area contributed by atoms with Crippen LogP contribution in [0.15, 0.2) is 47.6 Å². The van der Waals surface area contributed by atoms with Crippen molar-refractivity contribution in [2.24, 2.45) is 5.92 Å². The first-order chi connectivity index (χ1) is 12.6. The van der Waals surface area contributed by atoms with Gasteiger partial charge in [-0.05, 0) is 32.9 Å². The molecule has 27 heavy (non-hydrogen) atoms. The molecule has 5 atom stereocenters. The number of carbonyl (C=O) groups excluding carboxylic acids is 2. The lowest BCUT2D eigenvalue weighted by Gasteiger charge is -2.33. The van der Waals surface area contributed by atoms with Gasteiger partial charge in [0.05, 0.1) is 18.1 Å². The molecular formula is C20H24O7. The van der Waals surface area contributed by atoms with Crippen molar-refractivity contribution in [1.29, 1.82) is 0 Å². The second-order valence-electron chi connectivity index (χ2n) is 7.34. The summed E-state index contributed by atoms with van der Waals surface area (Å²) in [5.74, 6) is -3.58. The molecule has 0 aromatic rings. The van der Waals surface area contributed by atoms with E-state index in [-0.39, 0.29) is 17.6 Å². The molecule has 3 heterocycles. The Morgan fingerprint density at radius 2 is 2.19 bits per heavy atom. The first kappa shape index (κ1) is 19.5. The van der Waals surface area contributed by atoms with Gasteiger partial charge < -0.3 is 24.4 Å². The molecule has 1 fully saturated rings. The normalized spacial score (nSPS) is 40.4. The van der Waals surface area contributed by atoms with Gasteiger partial charge in [0.2, 0.25) is 5.79 Å². The Hall–Kier alpha value is -2.22. The van der Waals surface area contributed by atoms with E-state index in [1.165, 1.54) is 12.2 Å². The zero-order valence-corrected chi connectivity index (χ0v) is 15.6. The number of rotatable bonds is 3. The van der Waals surface area contributed by atoms with Gasteiger partial charge in [0.15, 0.2) is 0 Å². The average Bonchev–Trinajstić information content (AvgIpc) is 3.08. The van der Waals surface area contributed by atoms with E-state index in [1.54, 1.807) is 32.9 Å². The van der Waals surface area contributed by atoms with Crippen LogP contribution in [0.25, 0.3) is 0 Å². The number of ether oxygens (including phenoxy) is 3. The van der Waals surface area contributed by atoms with Crippen LogP contribution in [-0.4, -0.2) is 52.4 Å². The van der Waals surface area contributed by atoms with E-state index >= 15 is 0 Å². The fraction of sp³-hybridized carbons (Fsp3) is 0.500. The Balaban J connectivity index is 2.07. The van der Waals surface area contributed by atoms with Gasteiger partial charge in [0.25, 0.3) is 0 Å². The molecular weight excluding hydrogens is 352 g/mol. The minimum Gasteiger partial charge on any atom is -0.458 e. The smallest absolute Gasteiger partial charge is 0.334 e. The molecule has 1 saturated heterocycles. The number of hydrogen-bond donors (Lipinski definition) is 2. The fourth-order valence-corrected chi connectivity index (χ4v) is 3.65. The van der Waals surface area contributed by atoms with Crippen molar-refractivity contribution < 1.29 is 34.0 Å². The van der Waals surface area contributed by atoms with E-state index in [4.69, 9.17) is 14.2 Å². The van der Waals surface area contributed by atoms with Crippen molar-refractivity contribution >= 4 is 11.9 Å². The van der Waals surface area contributed by atoms with Crippen LogP contribution < -0.4 is 0 Å². The van der Waals surface area contributed by atoms with E-state index in [2.05, 4.69) is 6.58 Å². The summed E-state index contributed by atoms with van der Waals surface area (Å²) in [6, 6.07) is 0. The van der Waals surface area contributed by atoms with Crippen molar-refractivity contribution in [3.05, 3.63) is 47.6 Å². The number of esters is 2. The second-order valence-corrected chi connectivity index (χ2v) is 7.34. The van der Waals surface area contributed by atoms with E-state index in [9.17, 15) is 19.8 Å². The Bertz CT molecular complexity index is 777. The molecule has 0 aromatic carbocycles. The van der Waals surface area contributed by atoms with Crippen LogP contribution in [0.1, 0.15) is 27.2 Å². The van der Waals surface area contributed by atoms with Crippen molar-refractivity contribution in [3.63, 3.8) is 0 Å². The van der Waals surface area contributed by atoms with E-state index < -0.39 is 48.1 Å². The monoisotopic (exact) mass is 376 g/mol. The summed E-state index contributed by atoms with van der Waals surface area (Å²) in [5.41, 5.74) is -0.213. The molecule has 7 heteroatoms. The van der Waals surface area contributed by atoms with Gasteiger partial charge in [0, 0.05) is 23.1 Å². The zero-order chi connectivity index (χ0) is 20.0. The SMILES string of the molecule is C=C1C(=O)O[C@H]2/C=C(/CO)[C@]3(O)C=C[C@](C)(C[C@@H](OC(=O)/C(C)=C\C)[C@@H]12)O3. The first-order valence-electron chi connectivity index (χ1n) is 8.81. The molecule has 0 aliphatic carbocycles. The molecule has 146 valence electrons. The number of allylic oxidation sites excluding steroid dienone is 1. The van der Waals surface area contributed by atoms with Crippen molar-refractivity contribution in [2.75, 3.05) is 6.61 Å². The zero-order valence-electron chi connectivity index (χ0n) is 15.6. The molecule has 7 nitrogen and oxygen atoms in total. The maximum atomic E-state index is 12.4. The Labute approximate surface area is 157 Å². The summed E-state index contributed by atoms with van der Waals surface area (Å²) < 4.78 is 16.9. The number of aliphatic hydroxyl groups is 2. The van der Waals surface area contributed by atoms with Gasteiger partial charge >= 0.3 is 11.9 Å². The Morgan fingerprint density at radius 3 is 2.81 bits per heavy atom. The van der Waals surface area contributed by atoms with Crippen molar-refractivity contribution in [2.45, 2.75) is 50.8 Å². The standard InChI is InChI=1S/C20H24O7/c1-5-11(2)17(22)26-15-9-19(4)6-7-20(24,27-19)13(10-21)8-14-16(15)12(3)18(23)25-14/h5-8,14-16,21,24H,3,9-10H2,1-2,4H3/b11-5-,13-8-/t14-,15+,16-,19+,20-/m0/s1. The van der Waals surface area contributed by atoms with E-state index in [0.717, 1.165) is 0 Å². The molecule has 0 spiro atoms. The molecule has 2 bridgehead atoms. The lowest BCUT2D eigenvalue weighted by Crippen LogP contribution is -2.41. The average molecular weight is 376 g/mol. The maximum absolute atomic E-state index is 12.4. The highest BCUT2D eigenvalue weighted by Crippen LogP contribution is 2.44. The molecule has 0 amide bonds. The molecule has 3 aliphatic heterocycles. The third kappa shape index (κ3) is 3.38. The van der Waals surface area contributed by atoms with Gasteiger partial charge in [-0.25, -0.2) is 9.59 Å². The quantitative estimate of drug-likeness (QED) is 0.435. The van der Waals surface area contributed by atoms with Crippen LogP contribution >= 0.6 is 0 Å². The van der Waals surface area contributed by atoms with Crippen LogP contribution in [0.5, 0.6) is 0 Å². The Morgan fingerprint density at radius 1 is 1.48 bits per heavy atom. The van der Waals surface area contributed by atoms with Crippen molar-refractivity contribution in [1.82, 2.24) is 0 Å². The summed E-state index contributed by atoms with van der Waals surface area (Å²) >= 11 is 0. The third-order valence-electron chi connectivity index (χ3n) is 5.33. The number of aliphatic hydroxyl groups excluding tert-OH is 1. The molecule has 0 radical (unpaired) electrons. The van der Waals surface area contributed by atoms with Crippen LogP contribution in [0.3, 0.4) is 0 Å². The number of fused-ring (bicyclic) bond motifs is 3. The lowest BCUT2D eigenvalue weighted by molar-refractivity contribution is -0.191. The number of hydrogen-bond acceptors (Lipinski definition) is 7. The van der Waals surface area contributed by atoms with Gasteiger partial charge in [-0.2, -0.15) is 0 Å². The highest BCUT2D eigenvalue weighted by molar-refractivity contribution is 5.92. The molecule has 0 saturated carbocycles. The molecule has 2 N–H and O–H groups in total. The lowest BCUT2D eigenvalue weighted by atomic mass is 9.83. The van der Waals surface area contributed by atoms with Gasteiger partial charge in [-0.3, -0.25) is 0 Å². The van der Waals surface area contributed by atoms with E-state index in [1.807, 2.05) is 0 Å². The molecule has 3 rings (SSSR count). The Kier molecular flexibility index (Phi) is 4.88. The predicted molar refractivity (Wildman–Crippen MR) is 95.2 cm³/mol. The molecule has 0 aromatic heterocycles. The summed E-state index contributed by atoms with van der Waals surface area (Å²) in [6.07, 6.45) is 4.76. The summed E-state index contributed by atoms with van der Waals surface area (Å²) in [5, 5.41) is 20.5. The van der Waals surface area contributed by atoms with Crippen LogP contribution in [0.2, 0.25) is 0 Å². The summed E-state index contributed by atoms with van der Waals surface area (Å²) in [6.45, 7) is 8.41. The summed E-state index contributed by atoms with van der Waals surface area (Å²) in [7, 11) is 0. The molecule has 0 unspecified atom stereocenters. The van der Waals surface area contributed by atoms with Crippen molar-refractivity contribution in [3.8, 4) is 0 Å².